The molecule has 68 valence electrons. The van der Waals surface area contributed by atoms with Gasteiger partial charge in [-0.05, 0) is 24.1 Å². The van der Waals surface area contributed by atoms with Crippen molar-refractivity contribution in [1.82, 2.24) is 0 Å². The summed E-state index contributed by atoms with van der Waals surface area (Å²) in [6, 6.07) is 3.05. The second-order valence-corrected chi connectivity index (χ2v) is 3.02. The third-order valence-electron chi connectivity index (χ3n) is 1.60. The zero-order valence-electron chi connectivity index (χ0n) is 6.97. The van der Waals surface area contributed by atoms with Crippen LogP contribution in [0.25, 0.3) is 0 Å². The van der Waals surface area contributed by atoms with Gasteiger partial charge in [-0.2, -0.15) is 0 Å². The van der Waals surface area contributed by atoms with Crippen LogP contribution < -0.4 is 0 Å². The summed E-state index contributed by atoms with van der Waals surface area (Å²) in [6.45, 7) is 1.79. The van der Waals surface area contributed by atoms with Crippen molar-refractivity contribution >= 4 is 17.7 Å². The number of carbonyl (C=O) groups excluding carboxylic acids is 1. The molecule has 0 aromatic heterocycles. The van der Waals surface area contributed by atoms with Crippen molar-refractivity contribution in [3.8, 4) is 0 Å². The van der Waals surface area contributed by atoms with Gasteiger partial charge in [0.2, 0.25) is 6.08 Å². The quantitative estimate of drug-likeness (QED) is 0.532. The molecule has 1 aromatic rings. The van der Waals surface area contributed by atoms with E-state index in [1.54, 1.807) is 13.0 Å². The maximum absolute atomic E-state index is 13.0. The SMILES string of the molecule is Cc1cc(CN=C=O)cc(Cl)c1F. The van der Waals surface area contributed by atoms with E-state index >= 15 is 0 Å². The predicted molar refractivity (Wildman–Crippen MR) is 48.0 cm³/mol. The molecule has 2 nitrogen and oxygen atoms in total. The molecule has 0 atom stereocenters. The molecule has 4 heteroatoms. The molecule has 1 rings (SSSR count). The lowest BCUT2D eigenvalue weighted by Gasteiger charge is -2.01. The lowest BCUT2D eigenvalue weighted by Crippen LogP contribution is -1.89. The molecule has 0 aliphatic carbocycles. The summed E-state index contributed by atoms with van der Waals surface area (Å²) in [5.41, 5.74) is 1.15. The van der Waals surface area contributed by atoms with Crippen LogP contribution in [0.15, 0.2) is 17.1 Å². The van der Waals surface area contributed by atoms with Crippen molar-refractivity contribution in [1.29, 1.82) is 0 Å². The number of hydrogen-bond donors (Lipinski definition) is 0. The Bertz CT molecular complexity index is 349. The van der Waals surface area contributed by atoms with E-state index in [2.05, 4.69) is 4.99 Å². The molecule has 0 radical (unpaired) electrons. The van der Waals surface area contributed by atoms with E-state index in [0.717, 1.165) is 0 Å². The van der Waals surface area contributed by atoms with Crippen LogP contribution >= 0.6 is 11.6 Å². The van der Waals surface area contributed by atoms with Gasteiger partial charge in [0.05, 0.1) is 11.6 Å². The normalized spacial score (nSPS) is 9.46. The number of hydrogen-bond acceptors (Lipinski definition) is 2. The van der Waals surface area contributed by atoms with Gasteiger partial charge in [-0.3, -0.25) is 0 Å². The van der Waals surface area contributed by atoms with E-state index in [4.69, 9.17) is 11.6 Å². The van der Waals surface area contributed by atoms with Gasteiger partial charge in [-0.25, -0.2) is 14.2 Å². The first-order chi connectivity index (χ1) is 6.15. The van der Waals surface area contributed by atoms with Crippen molar-refractivity contribution < 1.29 is 9.18 Å². The van der Waals surface area contributed by atoms with Gasteiger partial charge < -0.3 is 0 Å². The first kappa shape index (κ1) is 9.90. The number of halogens is 2. The van der Waals surface area contributed by atoms with Crippen LogP contribution in [0.4, 0.5) is 4.39 Å². The van der Waals surface area contributed by atoms with Crippen LogP contribution in [0.2, 0.25) is 5.02 Å². The molecule has 0 fully saturated rings. The lowest BCUT2D eigenvalue weighted by molar-refractivity contribution is 0.562. The predicted octanol–water partition coefficient (Wildman–Crippen LogP) is 2.62. The van der Waals surface area contributed by atoms with Crippen LogP contribution in [0.1, 0.15) is 11.1 Å². The van der Waals surface area contributed by atoms with E-state index in [1.807, 2.05) is 0 Å². The Hall–Kier alpha value is -1.18. The molecule has 0 aliphatic rings. The minimum Gasteiger partial charge on any atom is -0.211 e. The van der Waals surface area contributed by atoms with Gasteiger partial charge in [0, 0.05) is 0 Å². The van der Waals surface area contributed by atoms with E-state index in [1.165, 1.54) is 12.1 Å². The fourth-order valence-electron chi connectivity index (χ4n) is 1.01. The molecule has 13 heavy (non-hydrogen) atoms. The zero-order valence-corrected chi connectivity index (χ0v) is 7.73. The Morgan fingerprint density at radius 3 is 2.85 bits per heavy atom. The molecule has 0 unspecified atom stereocenters. The van der Waals surface area contributed by atoms with E-state index in [0.29, 0.717) is 11.1 Å². The molecule has 0 bridgehead atoms. The smallest absolute Gasteiger partial charge is 0.211 e. The van der Waals surface area contributed by atoms with Crippen LogP contribution in [0.5, 0.6) is 0 Å². The Labute approximate surface area is 80.1 Å². The summed E-state index contributed by atoms with van der Waals surface area (Å²) in [5.74, 6) is -0.430. The van der Waals surface area contributed by atoms with Crippen LogP contribution in [-0.4, -0.2) is 6.08 Å². The molecule has 0 N–H and O–H groups in total. The highest BCUT2D eigenvalue weighted by Crippen LogP contribution is 2.20. The van der Waals surface area contributed by atoms with E-state index in [9.17, 15) is 9.18 Å². The molecule has 0 spiro atoms. The van der Waals surface area contributed by atoms with E-state index < -0.39 is 5.82 Å². The van der Waals surface area contributed by atoms with Gasteiger partial charge in [0.15, 0.2) is 0 Å². The average Bonchev–Trinajstić information content (AvgIpc) is 2.10. The number of aliphatic imine (C=N–C) groups is 1. The summed E-state index contributed by atoms with van der Waals surface area (Å²) < 4.78 is 13.0. The summed E-state index contributed by atoms with van der Waals surface area (Å²) in [6.07, 6.45) is 1.41. The highest BCUT2D eigenvalue weighted by Gasteiger charge is 2.04. The maximum atomic E-state index is 13.0. The number of benzene rings is 1. The molecule has 0 amide bonds. The van der Waals surface area contributed by atoms with Crippen molar-refractivity contribution in [2.45, 2.75) is 13.5 Å². The number of aryl methyl sites for hydroxylation is 1. The first-order valence-electron chi connectivity index (χ1n) is 3.63. The minimum atomic E-state index is -0.430. The summed E-state index contributed by atoms with van der Waals surface area (Å²) >= 11 is 5.58. The van der Waals surface area contributed by atoms with Gasteiger partial charge in [0.1, 0.15) is 5.82 Å². The second kappa shape index (κ2) is 4.17. The lowest BCUT2D eigenvalue weighted by atomic mass is 10.1. The summed E-state index contributed by atoms with van der Waals surface area (Å²) in [7, 11) is 0. The molecular weight excluding hydrogens is 193 g/mol. The number of isocyanates is 1. The fraction of sp³-hybridized carbons (Fsp3) is 0.222. The summed E-state index contributed by atoms with van der Waals surface area (Å²) in [5, 5.41) is 0.0519. The Morgan fingerprint density at radius 1 is 1.62 bits per heavy atom. The van der Waals surface area contributed by atoms with Crippen LogP contribution in [0.3, 0.4) is 0 Å². The average molecular weight is 200 g/mol. The van der Waals surface area contributed by atoms with Crippen molar-refractivity contribution in [2.75, 3.05) is 0 Å². The highest BCUT2D eigenvalue weighted by atomic mass is 35.5. The van der Waals surface area contributed by atoms with Gasteiger partial charge in [0.25, 0.3) is 0 Å². The van der Waals surface area contributed by atoms with Gasteiger partial charge >= 0.3 is 0 Å². The monoisotopic (exact) mass is 199 g/mol. The number of nitrogens with zero attached hydrogens (tertiary/aromatic N) is 1. The Morgan fingerprint density at radius 2 is 2.31 bits per heavy atom. The molecule has 0 heterocycles. The topological polar surface area (TPSA) is 29.4 Å². The maximum Gasteiger partial charge on any atom is 0.235 e. The standard InChI is InChI=1S/C9H7ClFNO/c1-6-2-7(4-12-5-13)3-8(10)9(6)11/h2-3H,4H2,1H3. The Kier molecular flexibility index (Phi) is 3.18. The molecule has 0 aliphatic heterocycles. The molecule has 1 aromatic carbocycles. The van der Waals surface area contributed by atoms with Crippen molar-refractivity contribution in [3.05, 3.63) is 34.1 Å². The van der Waals surface area contributed by atoms with Crippen molar-refractivity contribution in [2.24, 2.45) is 4.99 Å². The summed E-state index contributed by atoms with van der Waals surface area (Å²) in [4.78, 5) is 13.2. The third-order valence-corrected chi connectivity index (χ3v) is 1.87. The van der Waals surface area contributed by atoms with Crippen LogP contribution in [0, 0.1) is 12.7 Å². The van der Waals surface area contributed by atoms with Gasteiger partial charge in [-0.15, -0.1) is 0 Å². The molecular formula is C9H7ClFNO. The fourth-order valence-corrected chi connectivity index (χ4v) is 1.30. The second-order valence-electron chi connectivity index (χ2n) is 2.62. The minimum absolute atomic E-state index is 0.0519. The Balaban J connectivity index is 3.05. The number of rotatable bonds is 2. The molecule has 0 saturated carbocycles. The zero-order chi connectivity index (χ0) is 9.84. The third kappa shape index (κ3) is 2.38. The molecule has 0 saturated heterocycles. The largest absolute Gasteiger partial charge is 0.235 e. The highest BCUT2D eigenvalue weighted by molar-refractivity contribution is 6.30. The first-order valence-corrected chi connectivity index (χ1v) is 4.01. The van der Waals surface area contributed by atoms with E-state index in [-0.39, 0.29) is 11.6 Å². The van der Waals surface area contributed by atoms with Crippen molar-refractivity contribution in [3.63, 3.8) is 0 Å². The van der Waals surface area contributed by atoms with Gasteiger partial charge in [-0.1, -0.05) is 17.7 Å². The van der Waals surface area contributed by atoms with Crippen LogP contribution in [-0.2, 0) is 11.3 Å².